The summed E-state index contributed by atoms with van der Waals surface area (Å²) in [5, 5.41) is 7.94. The number of hydrogen-bond donors (Lipinski definition) is 1. The fourth-order valence-electron chi connectivity index (χ4n) is 1.86. The third-order valence-corrected chi connectivity index (χ3v) is 14.0. The van der Waals surface area contributed by atoms with Gasteiger partial charge in [0.2, 0.25) is 0 Å². The van der Waals surface area contributed by atoms with Crippen molar-refractivity contribution in [2.24, 2.45) is 0 Å². The van der Waals surface area contributed by atoms with Crippen molar-refractivity contribution in [2.45, 2.75) is 76.5 Å². The molecule has 0 unspecified atom stereocenters. The number of hydrogen-bond acceptors (Lipinski definition) is 7. The number of aliphatic hydroxyl groups excluding tert-OH is 1. The van der Waals surface area contributed by atoms with E-state index in [9.17, 15) is 17.5 Å². The van der Waals surface area contributed by atoms with Gasteiger partial charge in [0, 0.05) is 23.5 Å². The van der Waals surface area contributed by atoms with Crippen LogP contribution in [-0.2, 0) is 28.2 Å². The van der Waals surface area contributed by atoms with Crippen molar-refractivity contribution in [3.8, 4) is 0 Å². The summed E-state index contributed by atoms with van der Waals surface area (Å²) in [6.45, 7) is 18.2. The van der Waals surface area contributed by atoms with Gasteiger partial charge in [0.15, 0.2) is 0 Å². The predicted octanol–water partition coefficient (Wildman–Crippen LogP) is 5.97. The van der Waals surface area contributed by atoms with Crippen molar-refractivity contribution in [1.82, 2.24) is 0 Å². The molecule has 0 saturated carbocycles. The van der Waals surface area contributed by atoms with Crippen molar-refractivity contribution >= 4 is 24.4 Å². The van der Waals surface area contributed by atoms with Crippen LogP contribution in [0.15, 0.2) is 29.2 Å². The molecule has 0 aliphatic carbocycles. The topological polar surface area (TPSA) is 107 Å². The van der Waals surface area contributed by atoms with Crippen molar-refractivity contribution in [2.75, 3.05) is 39.2 Å². The summed E-state index contributed by atoms with van der Waals surface area (Å²) in [6, 6.07) is 6.38. The Morgan fingerprint density at radius 2 is 1.33 bits per heavy atom. The lowest BCUT2D eigenvalue weighted by Crippen LogP contribution is -2.19. The molecule has 0 spiro atoms. The molecule has 33 heavy (non-hydrogen) atoms. The highest BCUT2D eigenvalue weighted by atomic mass is 32.2. The summed E-state index contributed by atoms with van der Waals surface area (Å²) < 4.78 is 57.6. The molecule has 7 nitrogen and oxygen atoms in total. The Hall–Kier alpha value is -0.490. The number of rotatable bonds is 5. The Bertz CT molecular complexity index is 900. The van der Waals surface area contributed by atoms with Crippen LogP contribution in [0.25, 0.3) is 0 Å². The zero-order valence-electron chi connectivity index (χ0n) is 21.8. The highest BCUT2D eigenvalue weighted by molar-refractivity contribution is 7.87. The van der Waals surface area contributed by atoms with E-state index in [2.05, 4.69) is 0 Å². The highest BCUT2D eigenvalue weighted by Gasteiger charge is 2.34. The Labute approximate surface area is 201 Å². The lowest BCUT2D eigenvalue weighted by atomic mass is 10.2. The molecular formula is C23H44O7P2S. The molecule has 0 radical (unpaired) electrons. The van der Waals surface area contributed by atoms with Crippen LogP contribution in [0.1, 0.15) is 59.9 Å². The van der Waals surface area contributed by atoms with Crippen molar-refractivity contribution in [3.63, 3.8) is 0 Å². The summed E-state index contributed by atoms with van der Waals surface area (Å²) >= 11 is 0. The Balaban J connectivity index is 0.000000598. The van der Waals surface area contributed by atoms with Gasteiger partial charge in [0.1, 0.15) is 20.6 Å². The third kappa shape index (κ3) is 11.7. The molecule has 194 valence electrons. The normalized spacial score (nSPS) is 18.1. The third-order valence-electron chi connectivity index (χ3n) is 5.70. The van der Waals surface area contributed by atoms with E-state index in [0.29, 0.717) is 0 Å². The van der Waals surface area contributed by atoms with E-state index >= 15 is 0 Å². The van der Waals surface area contributed by atoms with Crippen molar-refractivity contribution < 1.29 is 31.6 Å². The predicted molar refractivity (Wildman–Crippen MR) is 138 cm³/mol. The van der Waals surface area contributed by atoms with Gasteiger partial charge in [0.05, 0.1) is 11.2 Å². The average Bonchev–Trinajstić information content (AvgIpc) is 3.26. The first kappa shape index (κ1) is 32.5. The van der Waals surface area contributed by atoms with Crippen LogP contribution in [0.4, 0.5) is 0 Å². The van der Waals surface area contributed by atoms with Gasteiger partial charge in [-0.05, 0) is 45.2 Å². The minimum atomic E-state index is -3.84. The zero-order chi connectivity index (χ0) is 26.1. The fraction of sp³-hybridized carbons (Fsp3) is 0.739. The molecule has 1 N–H and O–H groups in total. The van der Waals surface area contributed by atoms with E-state index < -0.39 is 29.6 Å². The van der Waals surface area contributed by atoms with E-state index in [1.165, 1.54) is 25.0 Å². The second-order valence-corrected chi connectivity index (χ2v) is 19.8. The lowest BCUT2D eigenvalue weighted by Gasteiger charge is -2.27. The standard InChI is InChI=1S/C13H21O4PS.C6H15O2P.C4H8O/c1-11-6-8-12(9-7-11)19(15,16)17-10-18(5,14)13(2,3)4;1-6(2,3)9(4,8)5-7;1-2-4-5-3-1/h6-9H,10H2,1-5H3;7H,5H2,1-4H3;1-4H2/t18-;9-;/m10./s1. The number of aliphatic hydroxyl groups is 1. The summed E-state index contributed by atoms with van der Waals surface area (Å²) in [4.78, 5) is 0.0898. The maximum absolute atomic E-state index is 12.4. The largest absolute Gasteiger partial charge is 0.389 e. The molecule has 2 atom stereocenters. The smallest absolute Gasteiger partial charge is 0.297 e. The molecule has 0 amide bonds. The van der Waals surface area contributed by atoms with Gasteiger partial charge in [-0.3, -0.25) is 4.18 Å². The lowest BCUT2D eigenvalue weighted by molar-refractivity contribution is 0.198. The number of benzene rings is 1. The molecule has 10 heteroatoms. The van der Waals surface area contributed by atoms with Crippen LogP contribution in [0, 0.1) is 6.92 Å². The second kappa shape index (κ2) is 13.0. The summed E-state index contributed by atoms with van der Waals surface area (Å²) in [5.41, 5.74) is 0.967. The van der Waals surface area contributed by atoms with Crippen LogP contribution < -0.4 is 0 Å². The van der Waals surface area contributed by atoms with Gasteiger partial charge in [-0.15, -0.1) is 0 Å². The fourth-order valence-corrected chi connectivity index (χ4v) is 4.64. The van der Waals surface area contributed by atoms with E-state index in [1.807, 2.05) is 48.5 Å². The van der Waals surface area contributed by atoms with Crippen molar-refractivity contribution in [3.05, 3.63) is 29.8 Å². The minimum Gasteiger partial charge on any atom is -0.389 e. The van der Waals surface area contributed by atoms with Gasteiger partial charge in [-0.25, -0.2) is 0 Å². The average molecular weight is 527 g/mol. The van der Waals surface area contributed by atoms with Crippen LogP contribution in [0.5, 0.6) is 0 Å². The second-order valence-electron chi connectivity index (χ2n) is 10.5. The molecule has 1 heterocycles. The molecule has 1 fully saturated rings. The molecule has 1 aromatic rings. The summed E-state index contributed by atoms with van der Waals surface area (Å²) in [7, 11) is -8.85. The monoisotopic (exact) mass is 526 g/mol. The highest BCUT2D eigenvalue weighted by Crippen LogP contribution is 2.54. The first-order valence-electron chi connectivity index (χ1n) is 11.0. The summed E-state index contributed by atoms with van der Waals surface area (Å²) in [6.07, 6.45) is 2.10. The first-order chi connectivity index (χ1) is 14.8. The zero-order valence-corrected chi connectivity index (χ0v) is 24.4. The van der Waals surface area contributed by atoms with E-state index in [1.54, 1.807) is 25.5 Å². The van der Waals surface area contributed by atoms with Crippen LogP contribution in [0.2, 0.25) is 0 Å². The van der Waals surface area contributed by atoms with E-state index in [0.717, 1.165) is 18.8 Å². The van der Waals surface area contributed by atoms with E-state index in [4.69, 9.17) is 14.0 Å². The van der Waals surface area contributed by atoms with Crippen LogP contribution >= 0.6 is 14.3 Å². The molecule has 0 bridgehead atoms. The Morgan fingerprint density at radius 3 is 1.61 bits per heavy atom. The molecule has 1 saturated heterocycles. The number of ether oxygens (including phenoxy) is 1. The minimum absolute atomic E-state index is 0.0898. The molecule has 1 aliphatic rings. The Kier molecular flexibility index (Phi) is 12.8. The molecular weight excluding hydrogens is 482 g/mol. The summed E-state index contributed by atoms with van der Waals surface area (Å²) in [5.74, 6) is 0. The van der Waals surface area contributed by atoms with Crippen molar-refractivity contribution in [1.29, 1.82) is 0 Å². The quantitative estimate of drug-likeness (QED) is 0.372. The molecule has 2 rings (SSSR count). The SMILES string of the molecule is C1CCOC1.CC(C)(C)[P@@](C)(=O)CO.Cc1ccc(S(=O)(=O)OC[P@@](C)(=O)C(C)(C)C)cc1. The van der Waals surface area contributed by atoms with Gasteiger partial charge in [-0.2, -0.15) is 8.42 Å². The van der Waals surface area contributed by atoms with E-state index in [-0.39, 0.29) is 22.7 Å². The van der Waals surface area contributed by atoms with Gasteiger partial charge >= 0.3 is 0 Å². The van der Waals surface area contributed by atoms with Crippen LogP contribution in [0.3, 0.4) is 0 Å². The molecule has 1 aromatic carbocycles. The van der Waals surface area contributed by atoms with Gasteiger partial charge in [0.25, 0.3) is 10.1 Å². The maximum Gasteiger partial charge on any atom is 0.297 e. The Morgan fingerprint density at radius 1 is 0.909 bits per heavy atom. The van der Waals surface area contributed by atoms with Gasteiger partial charge in [-0.1, -0.05) is 59.2 Å². The first-order valence-corrected chi connectivity index (χ1v) is 17.1. The molecule has 0 aromatic heterocycles. The maximum atomic E-state index is 12.4. The van der Waals surface area contributed by atoms with Gasteiger partial charge < -0.3 is 19.0 Å². The van der Waals surface area contributed by atoms with Crippen LogP contribution in [-0.4, -0.2) is 63.1 Å². The number of aryl methyl sites for hydroxylation is 1. The molecule has 1 aliphatic heterocycles.